The number of carboxylic acid groups (broad SMARTS) is 1. The van der Waals surface area contributed by atoms with Crippen LogP contribution in [0.2, 0.25) is 0 Å². The van der Waals surface area contributed by atoms with Crippen LogP contribution in [0, 0.1) is 0 Å². The summed E-state index contributed by atoms with van der Waals surface area (Å²) >= 11 is 0. The van der Waals surface area contributed by atoms with E-state index in [0.29, 0.717) is 70.7 Å². The lowest BCUT2D eigenvalue weighted by molar-refractivity contribution is -0.107. The van der Waals surface area contributed by atoms with E-state index in [2.05, 4.69) is 85.4 Å². The van der Waals surface area contributed by atoms with E-state index in [0.717, 1.165) is 111 Å². The number of rotatable bonds is 22. The Morgan fingerprint density at radius 1 is 0.481 bits per heavy atom. The largest absolute Gasteiger partial charge is 0.497 e. The molecule has 30 heteroatoms. The Balaban J connectivity index is 0.000000159. The fourth-order valence-electron chi connectivity index (χ4n) is 11.2. The molecule has 0 aliphatic heterocycles. The first-order valence-electron chi connectivity index (χ1n) is 34.0. The number of benzene rings is 8. The minimum atomic E-state index is -0.963. The van der Waals surface area contributed by atoms with Gasteiger partial charge in [0, 0.05) is 70.0 Å². The van der Waals surface area contributed by atoms with Gasteiger partial charge in [0.15, 0.2) is 27.8 Å². The standard InChI is InChI=1S/C29H28N6O4.C26H22N6O4.C20H18N6O3.C3H6O/c1-4-15-30-24-16-21(11-14-23(24)19-7-9-20(10-8-19)29(37)39-3)26-31-27-25(28(36)32-26)33-34-35(27)17-18-5-12-22(38-2)13-6-18;1-35-19-10-3-15(4-11-19)14-32-24-22(30-31-32)25(33)29-23(28-24)18-9-12-20(21(27)13-18)16-5-7-17(8-6-16)26(34)36-2;1-2-9-21-15-10-13(17-22-18-16(19(27)23-17)24-26-25-18)7-8-14(15)11-3-5-12(6-4-11)20(28)29;1-2-3-4/h5-14,16,30H,4,15,17H2,1-3H3,(H,31,32,36);3-13H,14,27H2,1-2H3,(H,28,29,33);3-8,10,21H,2,9H2,1H3,(H,28,29)(H2,22,23,24,25,26,27);3H,2H2,1H3. The number of aromatic amines is 4. The highest BCUT2D eigenvalue weighted by Gasteiger charge is 2.20. The van der Waals surface area contributed by atoms with Gasteiger partial charge in [0.2, 0.25) is 5.65 Å². The summed E-state index contributed by atoms with van der Waals surface area (Å²) in [6.07, 6.45) is 3.38. The van der Waals surface area contributed by atoms with Crippen LogP contribution in [0.3, 0.4) is 0 Å². The number of anilines is 3. The molecule has 0 saturated carbocycles. The van der Waals surface area contributed by atoms with E-state index in [1.54, 1.807) is 90.3 Å². The summed E-state index contributed by atoms with van der Waals surface area (Å²) in [6.45, 7) is 8.28. The van der Waals surface area contributed by atoms with E-state index >= 15 is 0 Å². The van der Waals surface area contributed by atoms with Crippen molar-refractivity contribution >= 4 is 74.7 Å². The SMILES string of the molecule is CCC=O.CCCNc1cc(-c2nc3c(nnn3Cc3ccc(OC)cc3)c(=O)[nH]2)ccc1-c1ccc(C(=O)OC)cc1.CCCNc1cc(-c2nc3n[nH]nc3c(=O)[nH]2)ccc1-c1ccc(C(=O)O)cc1.COC(=O)c1ccc(-c2ccc(-c3nc4c(nnn4Cc4ccc(OC)cc4)c(=O)[nH]3)cc2N)cc1. The molecule has 8 aromatic carbocycles. The molecule has 108 heavy (non-hydrogen) atoms. The lowest BCUT2D eigenvalue weighted by Gasteiger charge is -2.14. The highest BCUT2D eigenvalue weighted by atomic mass is 16.5. The summed E-state index contributed by atoms with van der Waals surface area (Å²) in [5.74, 6) is 0.915. The second-order valence-electron chi connectivity index (χ2n) is 24.0. The van der Waals surface area contributed by atoms with E-state index in [-0.39, 0.29) is 44.8 Å². The second kappa shape index (κ2) is 34.8. The second-order valence-corrected chi connectivity index (χ2v) is 24.0. The van der Waals surface area contributed by atoms with E-state index < -0.39 is 17.5 Å². The van der Waals surface area contributed by atoms with Crippen molar-refractivity contribution in [3.63, 3.8) is 0 Å². The first kappa shape index (κ1) is 74.9. The lowest BCUT2D eigenvalue weighted by atomic mass is 9.99. The van der Waals surface area contributed by atoms with Crippen LogP contribution in [0.25, 0.3) is 101 Å². The molecule has 0 unspecified atom stereocenters. The molecule has 6 aromatic heterocycles. The number of aromatic carboxylic acids is 1. The zero-order valence-corrected chi connectivity index (χ0v) is 59.7. The average molecular weight is 1460 g/mol. The summed E-state index contributed by atoms with van der Waals surface area (Å²) in [5, 5.41) is 42.4. The van der Waals surface area contributed by atoms with Crippen LogP contribution in [0.15, 0.2) is 190 Å². The first-order valence-corrected chi connectivity index (χ1v) is 34.0. The number of aldehydes is 1. The van der Waals surface area contributed by atoms with Gasteiger partial charge in [0.1, 0.15) is 35.3 Å². The van der Waals surface area contributed by atoms with Gasteiger partial charge < -0.3 is 60.2 Å². The number of hydrogen-bond acceptors (Lipinski definition) is 23. The van der Waals surface area contributed by atoms with Crippen molar-refractivity contribution in [3.8, 4) is 79.0 Å². The molecule has 30 nitrogen and oxygen atoms in total. The van der Waals surface area contributed by atoms with Gasteiger partial charge in [-0.2, -0.15) is 5.21 Å². The number of hydrogen-bond donors (Lipinski definition) is 8. The molecule has 0 radical (unpaired) electrons. The van der Waals surface area contributed by atoms with Crippen molar-refractivity contribution in [1.82, 2.24) is 75.3 Å². The number of H-pyrrole nitrogens is 4. The number of ether oxygens (including phenoxy) is 4. The normalized spacial score (nSPS) is 10.8. The van der Waals surface area contributed by atoms with Gasteiger partial charge in [-0.1, -0.05) is 128 Å². The predicted molar refractivity (Wildman–Crippen MR) is 409 cm³/mol. The van der Waals surface area contributed by atoms with Crippen molar-refractivity contribution in [2.24, 2.45) is 0 Å². The maximum atomic E-state index is 12.9. The molecule has 14 rings (SSSR count). The van der Waals surface area contributed by atoms with Crippen molar-refractivity contribution in [1.29, 1.82) is 0 Å². The molecule has 0 saturated heterocycles. The third kappa shape index (κ3) is 17.5. The Kier molecular flexibility index (Phi) is 24.1. The number of fused-ring (bicyclic) bond motifs is 3. The fourth-order valence-corrected chi connectivity index (χ4v) is 11.2. The summed E-state index contributed by atoms with van der Waals surface area (Å²) in [5.41, 5.74) is 19.5. The fraction of sp³-hybridized carbons (Fsp3) is 0.179. The quantitative estimate of drug-likeness (QED) is 0.0177. The van der Waals surface area contributed by atoms with Crippen LogP contribution in [-0.4, -0.2) is 146 Å². The molecule has 0 bridgehead atoms. The third-order valence-electron chi connectivity index (χ3n) is 16.8. The van der Waals surface area contributed by atoms with Crippen LogP contribution in [0.5, 0.6) is 11.5 Å². The minimum Gasteiger partial charge on any atom is -0.497 e. The van der Waals surface area contributed by atoms with Crippen molar-refractivity contribution in [3.05, 3.63) is 235 Å². The van der Waals surface area contributed by atoms with E-state index in [9.17, 15) is 33.6 Å². The smallest absolute Gasteiger partial charge is 0.337 e. The Bertz CT molecular complexity index is 5720. The highest BCUT2D eigenvalue weighted by Crippen LogP contribution is 2.35. The van der Waals surface area contributed by atoms with Gasteiger partial charge in [-0.05, 0) is 120 Å². The average Bonchev–Trinajstić information content (AvgIpc) is 1.56. The Morgan fingerprint density at radius 2 is 0.861 bits per heavy atom. The van der Waals surface area contributed by atoms with Crippen LogP contribution >= 0.6 is 0 Å². The molecule has 6 heterocycles. The minimum absolute atomic E-state index is 0.155. The van der Waals surface area contributed by atoms with Crippen LogP contribution in [0.4, 0.5) is 17.1 Å². The zero-order valence-electron chi connectivity index (χ0n) is 59.7. The number of carboxylic acids is 1. The predicted octanol–water partition coefficient (Wildman–Crippen LogP) is 11.3. The molecule has 0 fully saturated rings. The first-order chi connectivity index (χ1) is 52.4. The third-order valence-corrected chi connectivity index (χ3v) is 16.8. The number of aromatic nitrogens is 15. The topological polar surface area (TPSA) is 416 Å². The van der Waals surface area contributed by atoms with Gasteiger partial charge in [-0.15, -0.1) is 20.4 Å². The number of nitrogen functional groups attached to an aromatic ring is 1. The van der Waals surface area contributed by atoms with E-state index in [4.69, 9.17) is 34.8 Å². The number of nitrogens with one attached hydrogen (secondary N) is 6. The van der Waals surface area contributed by atoms with Crippen LogP contribution in [0.1, 0.15) is 82.2 Å². The molecule has 0 spiro atoms. The number of carbonyl (C=O) groups is 4. The number of methoxy groups -OCH3 is 4. The Morgan fingerprint density at radius 3 is 1.25 bits per heavy atom. The lowest BCUT2D eigenvalue weighted by Crippen LogP contribution is -2.11. The molecule has 9 N–H and O–H groups in total. The number of nitrogens with two attached hydrogens (primary N) is 1. The summed E-state index contributed by atoms with van der Waals surface area (Å²) in [7, 11) is 5.93. The molecular weight excluding hydrogens is 1380 g/mol. The highest BCUT2D eigenvalue weighted by molar-refractivity contribution is 5.93. The van der Waals surface area contributed by atoms with E-state index in [1.165, 1.54) is 14.2 Å². The molecule has 0 aliphatic carbocycles. The number of nitrogens with zero attached hydrogens (tertiary/aromatic N) is 11. The molecule has 548 valence electrons. The maximum absolute atomic E-state index is 12.9. The van der Waals surface area contributed by atoms with Crippen molar-refractivity contribution in [2.75, 3.05) is 57.9 Å². The van der Waals surface area contributed by atoms with Crippen molar-refractivity contribution < 1.29 is 43.2 Å². The van der Waals surface area contributed by atoms with Gasteiger partial charge in [-0.3, -0.25) is 14.4 Å². The monoisotopic (exact) mass is 1450 g/mol. The summed E-state index contributed by atoms with van der Waals surface area (Å²) in [4.78, 5) is 104. The van der Waals surface area contributed by atoms with Crippen LogP contribution < -0.4 is 42.5 Å². The van der Waals surface area contributed by atoms with Gasteiger partial charge >= 0.3 is 17.9 Å². The molecule has 0 amide bonds. The van der Waals surface area contributed by atoms with Crippen molar-refractivity contribution in [2.45, 2.75) is 53.1 Å². The van der Waals surface area contributed by atoms with Gasteiger partial charge in [0.05, 0.1) is 58.2 Å². The summed E-state index contributed by atoms with van der Waals surface area (Å²) in [6, 6.07) is 52.9. The van der Waals surface area contributed by atoms with Gasteiger partial charge in [-0.25, -0.2) is 38.7 Å². The molecule has 14 aromatic rings. The van der Waals surface area contributed by atoms with Crippen LogP contribution in [-0.2, 0) is 27.4 Å². The summed E-state index contributed by atoms with van der Waals surface area (Å²) < 4.78 is 23.2. The number of carbonyl (C=O) groups excluding carboxylic acids is 3. The maximum Gasteiger partial charge on any atom is 0.337 e. The van der Waals surface area contributed by atoms with Gasteiger partial charge in [0.25, 0.3) is 16.7 Å². The Labute approximate surface area is 615 Å². The van der Waals surface area contributed by atoms with E-state index in [1.807, 2.05) is 116 Å². The molecule has 0 atom stereocenters. The molecule has 0 aliphatic rings. The number of esters is 2. The Hall–Kier alpha value is -14.3. The zero-order chi connectivity index (χ0) is 76.4. The molecular formula is C78H74N18O12.